The van der Waals surface area contributed by atoms with Crippen LogP contribution >= 0.6 is 11.3 Å². The Bertz CT molecular complexity index is 529. The number of amides is 1. The summed E-state index contributed by atoms with van der Waals surface area (Å²) in [7, 11) is 1.65. The molecule has 0 saturated carbocycles. The molecular weight excluding hydrogens is 246 g/mol. The topological polar surface area (TPSA) is 54.0 Å². The predicted octanol–water partition coefficient (Wildman–Crippen LogP) is 2.48. The van der Waals surface area contributed by atoms with Crippen molar-refractivity contribution in [1.29, 1.82) is 0 Å². The molecule has 2 aromatic rings. The molecule has 2 N–H and O–H groups in total. The second kappa shape index (κ2) is 4.94. The highest BCUT2D eigenvalue weighted by molar-refractivity contribution is 7.22. The molecule has 0 saturated heterocycles. The highest BCUT2D eigenvalue weighted by Gasteiger charge is 2.26. The van der Waals surface area contributed by atoms with Crippen LogP contribution in [0.4, 0.5) is 5.13 Å². The quantitative estimate of drug-likeness (QED) is 0.891. The minimum Gasteiger partial charge on any atom is -0.360 e. The molecule has 1 amide bonds. The Morgan fingerprint density at radius 3 is 2.78 bits per heavy atom. The molecule has 1 aromatic heterocycles. The molecule has 1 aromatic carbocycles. The van der Waals surface area contributed by atoms with Gasteiger partial charge in [-0.3, -0.25) is 4.79 Å². The van der Waals surface area contributed by atoms with Crippen LogP contribution < -0.4 is 10.6 Å². The Hall–Kier alpha value is -1.62. The number of anilines is 1. The van der Waals surface area contributed by atoms with Crippen molar-refractivity contribution in [2.45, 2.75) is 13.8 Å². The molecule has 4 nitrogen and oxygen atoms in total. The molecule has 0 fully saturated rings. The Morgan fingerprint density at radius 1 is 1.39 bits per heavy atom. The summed E-state index contributed by atoms with van der Waals surface area (Å²) in [6.45, 7) is 4.38. The van der Waals surface area contributed by atoms with Gasteiger partial charge < -0.3 is 10.6 Å². The van der Waals surface area contributed by atoms with E-state index in [2.05, 4.69) is 15.6 Å². The van der Waals surface area contributed by atoms with Crippen molar-refractivity contribution in [3.05, 3.63) is 24.3 Å². The lowest BCUT2D eigenvalue weighted by Gasteiger charge is -2.22. The summed E-state index contributed by atoms with van der Waals surface area (Å²) in [6, 6.07) is 8.00. The molecule has 0 aliphatic carbocycles. The van der Waals surface area contributed by atoms with E-state index in [1.165, 1.54) is 0 Å². The van der Waals surface area contributed by atoms with Crippen molar-refractivity contribution < 1.29 is 4.79 Å². The van der Waals surface area contributed by atoms with Gasteiger partial charge in [-0.25, -0.2) is 4.98 Å². The molecule has 0 radical (unpaired) electrons. The average Bonchev–Trinajstić information content (AvgIpc) is 2.78. The third-order valence-electron chi connectivity index (χ3n) is 2.82. The summed E-state index contributed by atoms with van der Waals surface area (Å²) in [6.07, 6.45) is 0. The number of para-hydroxylation sites is 1. The van der Waals surface area contributed by atoms with Crippen LogP contribution in [-0.2, 0) is 4.79 Å². The van der Waals surface area contributed by atoms with Gasteiger partial charge in [-0.2, -0.15) is 0 Å². The Balaban J connectivity index is 2.08. The first kappa shape index (κ1) is 12.8. The number of fused-ring (bicyclic) bond motifs is 1. The SMILES string of the molecule is CNC(=O)C(C)(C)CNc1nc2ccccc2s1. The zero-order chi connectivity index (χ0) is 13.2. The van der Waals surface area contributed by atoms with E-state index in [1.807, 2.05) is 38.1 Å². The molecule has 96 valence electrons. The van der Waals surface area contributed by atoms with E-state index in [4.69, 9.17) is 0 Å². The van der Waals surface area contributed by atoms with Crippen molar-refractivity contribution in [2.75, 3.05) is 18.9 Å². The van der Waals surface area contributed by atoms with Gasteiger partial charge in [0.25, 0.3) is 0 Å². The number of carbonyl (C=O) groups is 1. The van der Waals surface area contributed by atoms with Gasteiger partial charge in [0.2, 0.25) is 5.91 Å². The first-order valence-corrected chi connectivity index (χ1v) is 6.66. The van der Waals surface area contributed by atoms with E-state index in [-0.39, 0.29) is 5.91 Å². The van der Waals surface area contributed by atoms with Gasteiger partial charge >= 0.3 is 0 Å². The number of aromatic nitrogens is 1. The Kier molecular flexibility index (Phi) is 3.52. The number of nitrogens with zero attached hydrogens (tertiary/aromatic N) is 1. The van der Waals surface area contributed by atoms with Crippen LogP contribution in [0.2, 0.25) is 0 Å². The average molecular weight is 263 g/mol. The summed E-state index contributed by atoms with van der Waals surface area (Å²) < 4.78 is 1.15. The van der Waals surface area contributed by atoms with Crippen LogP contribution in [0.5, 0.6) is 0 Å². The van der Waals surface area contributed by atoms with Crippen molar-refractivity contribution in [3.8, 4) is 0 Å². The summed E-state index contributed by atoms with van der Waals surface area (Å²) in [5.74, 6) is 0.0242. The molecular formula is C13H17N3OS. The summed E-state index contributed by atoms with van der Waals surface area (Å²) in [5.41, 5.74) is 0.537. The second-order valence-electron chi connectivity index (χ2n) is 4.80. The van der Waals surface area contributed by atoms with E-state index < -0.39 is 5.41 Å². The van der Waals surface area contributed by atoms with Crippen LogP contribution in [0.25, 0.3) is 10.2 Å². The van der Waals surface area contributed by atoms with E-state index in [0.717, 1.165) is 15.3 Å². The second-order valence-corrected chi connectivity index (χ2v) is 5.83. The highest BCUT2D eigenvalue weighted by Crippen LogP contribution is 2.26. The van der Waals surface area contributed by atoms with Gasteiger partial charge in [0.1, 0.15) is 0 Å². The van der Waals surface area contributed by atoms with Gasteiger partial charge in [0.05, 0.1) is 15.6 Å². The van der Waals surface area contributed by atoms with E-state index in [1.54, 1.807) is 18.4 Å². The number of benzene rings is 1. The lowest BCUT2D eigenvalue weighted by molar-refractivity contribution is -0.128. The maximum Gasteiger partial charge on any atom is 0.227 e. The minimum atomic E-state index is -0.452. The smallest absolute Gasteiger partial charge is 0.227 e. The van der Waals surface area contributed by atoms with Crippen LogP contribution in [0.1, 0.15) is 13.8 Å². The lowest BCUT2D eigenvalue weighted by atomic mass is 9.92. The van der Waals surface area contributed by atoms with E-state index >= 15 is 0 Å². The highest BCUT2D eigenvalue weighted by atomic mass is 32.1. The van der Waals surface area contributed by atoms with Gasteiger partial charge in [0, 0.05) is 13.6 Å². The number of nitrogens with one attached hydrogen (secondary N) is 2. The van der Waals surface area contributed by atoms with E-state index in [0.29, 0.717) is 6.54 Å². The molecule has 18 heavy (non-hydrogen) atoms. The van der Waals surface area contributed by atoms with Crippen LogP contribution in [0.15, 0.2) is 24.3 Å². The summed E-state index contributed by atoms with van der Waals surface area (Å²) in [5, 5.41) is 6.76. The van der Waals surface area contributed by atoms with Gasteiger partial charge in [-0.05, 0) is 26.0 Å². The van der Waals surface area contributed by atoms with Gasteiger partial charge in [-0.15, -0.1) is 0 Å². The van der Waals surface area contributed by atoms with Crippen LogP contribution in [-0.4, -0.2) is 24.5 Å². The minimum absolute atomic E-state index is 0.0242. The van der Waals surface area contributed by atoms with Crippen LogP contribution in [0, 0.1) is 5.41 Å². The van der Waals surface area contributed by atoms with Gasteiger partial charge in [0.15, 0.2) is 5.13 Å². The fourth-order valence-electron chi connectivity index (χ4n) is 1.66. The largest absolute Gasteiger partial charge is 0.360 e. The van der Waals surface area contributed by atoms with Crippen molar-refractivity contribution >= 4 is 32.6 Å². The predicted molar refractivity (Wildman–Crippen MR) is 76.0 cm³/mol. The fraction of sp³-hybridized carbons (Fsp3) is 0.385. The van der Waals surface area contributed by atoms with Crippen molar-refractivity contribution in [1.82, 2.24) is 10.3 Å². The maximum absolute atomic E-state index is 11.7. The molecule has 0 spiro atoms. The number of rotatable bonds is 4. The monoisotopic (exact) mass is 263 g/mol. The zero-order valence-electron chi connectivity index (χ0n) is 10.8. The number of hydrogen-bond donors (Lipinski definition) is 2. The molecule has 1 heterocycles. The first-order valence-electron chi connectivity index (χ1n) is 5.84. The normalized spacial score (nSPS) is 11.5. The maximum atomic E-state index is 11.7. The number of hydrogen-bond acceptors (Lipinski definition) is 4. The lowest BCUT2D eigenvalue weighted by Crippen LogP contribution is -2.39. The zero-order valence-corrected chi connectivity index (χ0v) is 11.6. The standard InChI is InChI=1S/C13H17N3OS/c1-13(2,11(17)14-3)8-15-12-16-9-6-4-5-7-10(9)18-12/h4-7H,8H2,1-3H3,(H,14,17)(H,15,16). The molecule has 0 aliphatic rings. The summed E-state index contributed by atoms with van der Waals surface area (Å²) in [4.78, 5) is 16.1. The Labute approximate surface area is 110 Å². The number of thiazole rings is 1. The molecule has 5 heteroatoms. The third kappa shape index (κ3) is 2.61. The first-order chi connectivity index (χ1) is 8.53. The van der Waals surface area contributed by atoms with E-state index in [9.17, 15) is 4.79 Å². The summed E-state index contributed by atoms with van der Waals surface area (Å²) >= 11 is 1.60. The van der Waals surface area contributed by atoms with Crippen molar-refractivity contribution in [3.63, 3.8) is 0 Å². The Morgan fingerprint density at radius 2 is 2.11 bits per heavy atom. The van der Waals surface area contributed by atoms with Gasteiger partial charge in [-0.1, -0.05) is 23.5 Å². The molecule has 2 rings (SSSR count). The molecule has 0 unspecified atom stereocenters. The number of carbonyl (C=O) groups excluding carboxylic acids is 1. The molecule has 0 atom stereocenters. The third-order valence-corrected chi connectivity index (χ3v) is 3.81. The van der Waals surface area contributed by atoms with Crippen LogP contribution in [0.3, 0.4) is 0 Å². The molecule has 0 bridgehead atoms. The van der Waals surface area contributed by atoms with Crippen molar-refractivity contribution in [2.24, 2.45) is 5.41 Å². The molecule has 0 aliphatic heterocycles. The fourth-order valence-corrected chi connectivity index (χ4v) is 2.52.